The van der Waals surface area contributed by atoms with Gasteiger partial charge in [0.1, 0.15) is 0 Å². The highest BCUT2D eigenvalue weighted by Crippen LogP contribution is 2.42. The van der Waals surface area contributed by atoms with Crippen molar-refractivity contribution in [2.75, 3.05) is 19.7 Å². The van der Waals surface area contributed by atoms with E-state index in [9.17, 15) is 5.11 Å². The largest absolute Gasteiger partial charge is 0.396 e. The zero-order chi connectivity index (χ0) is 7.14. The van der Waals surface area contributed by atoms with Gasteiger partial charge in [0.15, 0.2) is 0 Å². The number of hydrogen-bond donors (Lipinski definition) is 3. The van der Waals surface area contributed by atoms with Gasteiger partial charge >= 0.3 is 0 Å². The maximum Gasteiger partial charge on any atom is 0.0628 e. The number of nitrogens with one attached hydrogen (secondary N) is 1. The van der Waals surface area contributed by atoms with Crippen LogP contribution in [-0.4, -0.2) is 36.0 Å². The summed E-state index contributed by atoms with van der Waals surface area (Å²) < 4.78 is 0. The van der Waals surface area contributed by atoms with Crippen LogP contribution in [0.25, 0.3) is 0 Å². The number of piperidine rings is 2. The summed E-state index contributed by atoms with van der Waals surface area (Å²) in [6.45, 7) is 2.00. The molecule has 0 aromatic heterocycles. The van der Waals surface area contributed by atoms with E-state index in [1.54, 1.807) is 0 Å². The van der Waals surface area contributed by atoms with Gasteiger partial charge < -0.3 is 15.5 Å². The van der Waals surface area contributed by atoms with Crippen molar-refractivity contribution in [2.45, 2.75) is 6.10 Å². The summed E-state index contributed by atoms with van der Waals surface area (Å²) >= 11 is 0. The number of aliphatic hydroxyl groups excluding tert-OH is 2. The van der Waals surface area contributed by atoms with Gasteiger partial charge in [-0.1, -0.05) is 0 Å². The minimum absolute atomic E-state index is 0.140. The Morgan fingerprint density at radius 3 is 2.20 bits per heavy atom. The molecule has 1 saturated carbocycles. The van der Waals surface area contributed by atoms with E-state index in [0.717, 1.165) is 13.1 Å². The van der Waals surface area contributed by atoms with Crippen LogP contribution in [0.4, 0.5) is 0 Å². The monoisotopic (exact) mass is 143 g/mol. The summed E-state index contributed by atoms with van der Waals surface area (Å²) in [5, 5.41) is 21.5. The molecule has 2 atom stereocenters. The van der Waals surface area contributed by atoms with Crippen LogP contribution >= 0.6 is 0 Å². The Hall–Kier alpha value is -0.120. The molecule has 2 heterocycles. The molecule has 0 aromatic rings. The van der Waals surface area contributed by atoms with E-state index in [2.05, 4.69) is 5.32 Å². The Morgan fingerprint density at radius 2 is 1.90 bits per heavy atom. The van der Waals surface area contributed by atoms with Gasteiger partial charge in [-0.2, -0.15) is 0 Å². The van der Waals surface area contributed by atoms with Crippen molar-refractivity contribution in [1.29, 1.82) is 0 Å². The first-order chi connectivity index (χ1) is 4.84. The average Bonchev–Trinajstić information content (AvgIpc) is 2.02. The molecule has 3 nitrogen and oxygen atoms in total. The van der Waals surface area contributed by atoms with Crippen LogP contribution in [0.3, 0.4) is 0 Å². The SMILES string of the molecule is OCC1C2CNCC1C2O. The molecular weight excluding hydrogens is 130 g/mol. The highest BCUT2D eigenvalue weighted by atomic mass is 16.3. The van der Waals surface area contributed by atoms with E-state index in [0.29, 0.717) is 17.8 Å². The van der Waals surface area contributed by atoms with Crippen LogP contribution in [0.2, 0.25) is 0 Å². The molecule has 3 N–H and O–H groups in total. The first kappa shape index (κ1) is 6.58. The third-order valence-electron chi connectivity index (χ3n) is 2.95. The average molecular weight is 143 g/mol. The molecule has 3 heteroatoms. The third kappa shape index (κ3) is 0.654. The summed E-state index contributed by atoms with van der Waals surface area (Å²) in [4.78, 5) is 0. The van der Waals surface area contributed by atoms with Gasteiger partial charge in [-0.15, -0.1) is 0 Å². The molecule has 2 saturated heterocycles. The Morgan fingerprint density at radius 1 is 1.30 bits per heavy atom. The van der Waals surface area contributed by atoms with Gasteiger partial charge in [-0.25, -0.2) is 0 Å². The number of rotatable bonds is 1. The Kier molecular flexibility index (Phi) is 1.44. The predicted molar refractivity (Wildman–Crippen MR) is 36.4 cm³/mol. The van der Waals surface area contributed by atoms with E-state index < -0.39 is 0 Å². The number of aliphatic hydroxyl groups is 2. The lowest BCUT2D eigenvalue weighted by Gasteiger charge is -2.53. The Bertz CT molecular complexity index is 128. The molecule has 2 aliphatic heterocycles. The topological polar surface area (TPSA) is 52.5 Å². The number of fused-ring (bicyclic) bond motifs is 2. The van der Waals surface area contributed by atoms with Gasteiger partial charge in [0.2, 0.25) is 0 Å². The maximum absolute atomic E-state index is 9.38. The van der Waals surface area contributed by atoms with E-state index in [-0.39, 0.29) is 12.7 Å². The standard InChI is InChI=1S/C7H13NO2/c9-3-6-4-1-8-2-5(6)7(4)10/h4-10H,1-3H2. The molecule has 3 rings (SSSR count). The van der Waals surface area contributed by atoms with Crippen molar-refractivity contribution < 1.29 is 10.2 Å². The molecule has 3 fully saturated rings. The minimum atomic E-state index is -0.140. The van der Waals surface area contributed by atoms with E-state index in [1.807, 2.05) is 0 Å². The lowest BCUT2D eigenvalue weighted by Crippen LogP contribution is -2.64. The van der Waals surface area contributed by atoms with E-state index >= 15 is 0 Å². The van der Waals surface area contributed by atoms with E-state index in [1.165, 1.54) is 0 Å². The van der Waals surface area contributed by atoms with Crippen molar-refractivity contribution in [3.63, 3.8) is 0 Å². The summed E-state index contributed by atoms with van der Waals surface area (Å²) in [5.74, 6) is 1.02. The molecular formula is C7H13NO2. The van der Waals surface area contributed by atoms with Crippen LogP contribution in [0, 0.1) is 17.8 Å². The van der Waals surface area contributed by atoms with Crippen molar-refractivity contribution in [2.24, 2.45) is 17.8 Å². The van der Waals surface area contributed by atoms with Gasteiger partial charge in [-0.05, 0) is 5.92 Å². The van der Waals surface area contributed by atoms with E-state index in [4.69, 9.17) is 5.11 Å². The van der Waals surface area contributed by atoms with Gasteiger partial charge in [0.25, 0.3) is 0 Å². The molecule has 10 heavy (non-hydrogen) atoms. The fourth-order valence-electron chi connectivity index (χ4n) is 2.23. The van der Waals surface area contributed by atoms with Crippen LogP contribution < -0.4 is 5.32 Å². The molecule has 0 radical (unpaired) electrons. The maximum atomic E-state index is 9.38. The normalized spacial score (nSPS) is 52.2. The predicted octanol–water partition coefficient (Wildman–Crippen LogP) is -1.19. The fraction of sp³-hybridized carbons (Fsp3) is 1.00. The molecule has 58 valence electrons. The summed E-state index contributed by atoms with van der Waals surface area (Å²) in [6, 6.07) is 0. The zero-order valence-corrected chi connectivity index (χ0v) is 5.83. The second-order valence-electron chi connectivity index (χ2n) is 3.32. The first-order valence-electron chi connectivity index (χ1n) is 3.84. The second-order valence-corrected chi connectivity index (χ2v) is 3.32. The highest BCUT2D eigenvalue weighted by molar-refractivity contribution is 5.02. The van der Waals surface area contributed by atoms with Crippen LogP contribution in [0.5, 0.6) is 0 Å². The van der Waals surface area contributed by atoms with Crippen LogP contribution in [-0.2, 0) is 0 Å². The first-order valence-corrected chi connectivity index (χ1v) is 3.84. The molecule has 0 amide bonds. The molecule has 2 bridgehead atoms. The lowest BCUT2D eigenvalue weighted by molar-refractivity contribution is -0.137. The zero-order valence-electron chi connectivity index (χ0n) is 5.83. The van der Waals surface area contributed by atoms with Gasteiger partial charge in [-0.3, -0.25) is 0 Å². The molecule has 2 unspecified atom stereocenters. The Labute approximate surface area is 60.1 Å². The highest BCUT2D eigenvalue weighted by Gasteiger charge is 2.51. The fourth-order valence-corrected chi connectivity index (χ4v) is 2.23. The summed E-state index contributed by atoms with van der Waals surface area (Å²) in [5.41, 5.74) is 0. The summed E-state index contributed by atoms with van der Waals surface area (Å²) in [7, 11) is 0. The quantitative estimate of drug-likeness (QED) is 0.432. The molecule has 0 aromatic carbocycles. The van der Waals surface area contributed by atoms with Gasteiger partial charge in [0.05, 0.1) is 6.10 Å². The molecule has 3 aliphatic rings. The Balaban J connectivity index is 2.03. The molecule has 1 aliphatic carbocycles. The summed E-state index contributed by atoms with van der Waals surface area (Å²) in [6.07, 6.45) is -0.140. The smallest absolute Gasteiger partial charge is 0.0628 e. The molecule has 0 spiro atoms. The lowest BCUT2D eigenvalue weighted by atomic mass is 9.60. The van der Waals surface area contributed by atoms with Gasteiger partial charge in [0, 0.05) is 31.5 Å². The van der Waals surface area contributed by atoms with Crippen molar-refractivity contribution in [3.8, 4) is 0 Å². The van der Waals surface area contributed by atoms with Crippen molar-refractivity contribution >= 4 is 0 Å². The van der Waals surface area contributed by atoms with Crippen LogP contribution in [0.15, 0.2) is 0 Å². The minimum Gasteiger partial charge on any atom is -0.396 e. The number of hydrogen-bond acceptors (Lipinski definition) is 3. The van der Waals surface area contributed by atoms with Crippen molar-refractivity contribution in [3.05, 3.63) is 0 Å². The third-order valence-corrected chi connectivity index (χ3v) is 2.95. The van der Waals surface area contributed by atoms with Crippen molar-refractivity contribution in [1.82, 2.24) is 5.32 Å². The van der Waals surface area contributed by atoms with Crippen LogP contribution in [0.1, 0.15) is 0 Å². The second kappa shape index (κ2) is 2.19.